The number of carboxylic acid groups (broad SMARTS) is 1. The zero-order valence-electron chi connectivity index (χ0n) is 12.9. The van der Waals surface area contributed by atoms with Gasteiger partial charge in [0.25, 0.3) is 0 Å². The molecule has 0 heterocycles. The van der Waals surface area contributed by atoms with E-state index in [1.807, 2.05) is 19.1 Å². The van der Waals surface area contributed by atoms with Gasteiger partial charge in [-0.15, -0.1) is 0 Å². The molecule has 2 N–H and O–H groups in total. The van der Waals surface area contributed by atoms with Crippen LogP contribution in [0.25, 0.3) is 0 Å². The van der Waals surface area contributed by atoms with Gasteiger partial charge in [-0.2, -0.15) is 0 Å². The van der Waals surface area contributed by atoms with Gasteiger partial charge in [0.05, 0.1) is 13.0 Å². The summed E-state index contributed by atoms with van der Waals surface area (Å²) in [6.45, 7) is 3.58. The maximum absolute atomic E-state index is 11.3. The van der Waals surface area contributed by atoms with Crippen LogP contribution in [-0.4, -0.2) is 24.7 Å². The van der Waals surface area contributed by atoms with E-state index < -0.39 is 5.97 Å². The number of methoxy groups -OCH3 is 1. The van der Waals surface area contributed by atoms with E-state index in [2.05, 4.69) is 11.4 Å². The Labute approximate surface area is 126 Å². The zero-order valence-corrected chi connectivity index (χ0v) is 12.9. The highest BCUT2D eigenvalue weighted by Crippen LogP contribution is 2.29. The average Bonchev–Trinajstić information content (AvgIpc) is 2.48. The largest absolute Gasteiger partial charge is 0.496 e. The molecule has 0 spiro atoms. The Morgan fingerprint density at radius 2 is 2.14 bits per heavy atom. The first kappa shape index (κ1) is 15.8. The molecule has 1 aliphatic carbocycles. The third-order valence-electron chi connectivity index (χ3n) is 4.42. The standard InChI is InChI=1S/C17H25NO3/c1-12-9-13(7-8-16(12)21-2)10-18-11-14-5-3-4-6-15(14)17(19)20/h7-9,14-15,18H,3-6,10-11H2,1-2H3,(H,19,20). The minimum atomic E-state index is -0.637. The number of carbonyl (C=O) groups is 1. The second-order valence-corrected chi connectivity index (χ2v) is 5.92. The highest BCUT2D eigenvalue weighted by molar-refractivity contribution is 5.70. The van der Waals surface area contributed by atoms with E-state index in [4.69, 9.17) is 4.74 Å². The Morgan fingerprint density at radius 3 is 2.81 bits per heavy atom. The van der Waals surface area contributed by atoms with E-state index in [0.717, 1.165) is 50.1 Å². The molecular formula is C17H25NO3. The molecule has 2 atom stereocenters. The molecule has 0 radical (unpaired) electrons. The number of hydrogen-bond acceptors (Lipinski definition) is 3. The molecule has 0 aromatic heterocycles. The van der Waals surface area contributed by atoms with Crippen molar-refractivity contribution in [2.75, 3.05) is 13.7 Å². The molecule has 1 aromatic rings. The van der Waals surface area contributed by atoms with Gasteiger partial charge in [-0.1, -0.05) is 25.0 Å². The normalized spacial score (nSPS) is 22.0. The molecule has 0 amide bonds. The van der Waals surface area contributed by atoms with Crippen LogP contribution in [0.4, 0.5) is 0 Å². The molecule has 21 heavy (non-hydrogen) atoms. The predicted octanol–water partition coefficient (Wildman–Crippen LogP) is 2.98. The number of rotatable bonds is 6. The Bertz CT molecular complexity index is 487. The molecule has 2 rings (SSSR count). The highest BCUT2D eigenvalue weighted by atomic mass is 16.5. The van der Waals surface area contributed by atoms with Crippen molar-refractivity contribution in [2.45, 2.75) is 39.2 Å². The van der Waals surface area contributed by atoms with Crippen molar-refractivity contribution in [3.63, 3.8) is 0 Å². The lowest BCUT2D eigenvalue weighted by Crippen LogP contribution is -2.34. The first-order chi connectivity index (χ1) is 10.1. The van der Waals surface area contributed by atoms with Gasteiger partial charge in [-0.25, -0.2) is 0 Å². The lowest BCUT2D eigenvalue weighted by atomic mass is 9.79. The van der Waals surface area contributed by atoms with Crippen molar-refractivity contribution in [1.29, 1.82) is 0 Å². The lowest BCUT2D eigenvalue weighted by Gasteiger charge is -2.28. The van der Waals surface area contributed by atoms with Crippen LogP contribution in [0.2, 0.25) is 0 Å². The molecule has 0 saturated heterocycles. The maximum atomic E-state index is 11.3. The number of ether oxygens (including phenoxy) is 1. The van der Waals surface area contributed by atoms with Gasteiger partial charge in [0.2, 0.25) is 0 Å². The van der Waals surface area contributed by atoms with Crippen molar-refractivity contribution in [1.82, 2.24) is 5.32 Å². The van der Waals surface area contributed by atoms with E-state index >= 15 is 0 Å². The summed E-state index contributed by atoms with van der Waals surface area (Å²) >= 11 is 0. The molecule has 1 saturated carbocycles. The number of carboxylic acids is 1. The summed E-state index contributed by atoms with van der Waals surface area (Å²) in [6.07, 6.45) is 4.04. The fourth-order valence-electron chi connectivity index (χ4n) is 3.23. The minimum absolute atomic E-state index is 0.177. The molecule has 0 aliphatic heterocycles. The Kier molecular flexibility index (Phi) is 5.62. The van der Waals surface area contributed by atoms with Gasteiger partial charge in [0.1, 0.15) is 5.75 Å². The first-order valence-electron chi connectivity index (χ1n) is 7.69. The summed E-state index contributed by atoms with van der Waals surface area (Å²) in [5, 5.41) is 12.7. The summed E-state index contributed by atoms with van der Waals surface area (Å²) in [5.41, 5.74) is 2.33. The van der Waals surface area contributed by atoms with Gasteiger partial charge in [-0.3, -0.25) is 4.79 Å². The molecule has 4 nitrogen and oxygen atoms in total. The van der Waals surface area contributed by atoms with Crippen LogP contribution >= 0.6 is 0 Å². The molecule has 1 aliphatic rings. The molecule has 116 valence electrons. The van der Waals surface area contributed by atoms with Crippen molar-refractivity contribution >= 4 is 5.97 Å². The zero-order chi connectivity index (χ0) is 15.2. The number of nitrogens with one attached hydrogen (secondary N) is 1. The molecule has 4 heteroatoms. The van der Waals surface area contributed by atoms with Crippen LogP contribution in [-0.2, 0) is 11.3 Å². The van der Waals surface area contributed by atoms with Crippen molar-refractivity contribution < 1.29 is 14.6 Å². The topological polar surface area (TPSA) is 58.6 Å². The molecule has 1 aromatic carbocycles. The van der Waals surface area contributed by atoms with Gasteiger partial charge in [-0.05, 0) is 49.4 Å². The monoisotopic (exact) mass is 291 g/mol. The third-order valence-corrected chi connectivity index (χ3v) is 4.42. The molecule has 2 unspecified atom stereocenters. The minimum Gasteiger partial charge on any atom is -0.496 e. The number of benzene rings is 1. The van der Waals surface area contributed by atoms with Crippen LogP contribution in [0, 0.1) is 18.8 Å². The summed E-state index contributed by atoms with van der Waals surface area (Å²) in [5.74, 6) is 0.346. The van der Waals surface area contributed by atoms with Crippen LogP contribution in [0.5, 0.6) is 5.75 Å². The lowest BCUT2D eigenvalue weighted by molar-refractivity contribution is -0.144. The van der Waals surface area contributed by atoms with Gasteiger partial charge in [0, 0.05) is 6.54 Å². The van der Waals surface area contributed by atoms with E-state index in [0.29, 0.717) is 0 Å². The van der Waals surface area contributed by atoms with Crippen LogP contribution < -0.4 is 10.1 Å². The van der Waals surface area contributed by atoms with E-state index in [9.17, 15) is 9.90 Å². The smallest absolute Gasteiger partial charge is 0.306 e. The SMILES string of the molecule is COc1ccc(CNCC2CCCCC2C(=O)O)cc1C. The van der Waals surface area contributed by atoms with Crippen LogP contribution in [0.15, 0.2) is 18.2 Å². The second-order valence-electron chi connectivity index (χ2n) is 5.92. The number of hydrogen-bond donors (Lipinski definition) is 2. The van der Waals surface area contributed by atoms with E-state index in [-0.39, 0.29) is 11.8 Å². The van der Waals surface area contributed by atoms with Gasteiger partial charge < -0.3 is 15.2 Å². The molecular weight excluding hydrogens is 266 g/mol. The number of aryl methyl sites for hydroxylation is 1. The Hall–Kier alpha value is -1.55. The number of aliphatic carboxylic acids is 1. The quantitative estimate of drug-likeness (QED) is 0.846. The summed E-state index contributed by atoms with van der Waals surface area (Å²) in [4.78, 5) is 11.3. The van der Waals surface area contributed by atoms with Gasteiger partial charge >= 0.3 is 5.97 Å². The summed E-state index contributed by atoms with van der Waals surface area (Å²) < 4.78 is 5.25. The Balaban J connectivity index is 1.85. The Morgan fingerprint density at radius 1 is 1.38 bits per heavy atom. The van der Waals surface area contributed by atoms with Crippen LogP contribution in [0.3, 0.4) is 0 Å². The maximum Gasteiger partial charge on any atom is 0.306 e. The first-order valence-corrected chi connectivity index (χ1v) is 7.69. The van der Waals surface area contributed by atoms with E-state index in [1.165, 1.54) is 5.56 Å². The highest BCUT2D eigenvalue weighted by Gasteiger charge is 2.30. The van der Waals surface area contributed by atoms with Gasteiger partial charge in [0.15, 0.2) is 0 Å². The molecule has 0 bridgehead atoms. The summed E-state index contributed by atoms with van der Waals surface area (Å²) in [6, 6.07) is 6.14. The molecule has 1 fully saturated rings. The average molecular weight is 291 g/mol. The third kappa shape index (κ3) is 4.21. The van der Waals surface area contributed by atoms with Crippen molar-refractivity contribution in [3.8, 4) is 5.75 Å². The van der Waals surface area contributed by atoms with E-state index in [1.54, 1.807) is 7.11 Å². The summed E-state index contributed by atoms with van der Waals surface area (Å²) in [7, 11) is 1.68. The fraction of sp³-hybridized carbons (Fsp3) is 0.588. The van der Waals surface area contributed by atoms with Crippen molar-refractivity contribution in [2.24, 2.45) is 11.8 Å². The van der Waals surface area contributed by atoms with Crippen molar-refractivity contribution in [3.05, 3.63) is 29.3 Å². The van der Waals surface area contributed by atoms with Crippen LogP contribution in [0.1, 0.15) is 36.8 Å². The second kappa shape index (κ2) is 7.46. The fourth-order valence-corrected chi connectivity index (χ4v) is 3.23. The predicted molar refractivity (Wildman–Crippen MR) is 82.5 cm³/mol.